The van der Waals surface area contributed by atoms with E-state index < -0.39 is 0 Å². The van der Waals surface area contributed by atoms with Gasteiger partial charge in [-0.25, -0.2) is 0 Å². The van der Waals surface area contributed by atoms with Gasteiger partial charge in [-0.1, -0.05) is 96.0 Å². The van der Waals surface area contributed by atoms with Gasteiger partial charge < -0.3 is 9.47 Å². The van der Waals surface area contributed by atoms with E-state index in [0.29, 0.717) is 0 Å². The van der Waals surface area contributed by atoms with Gasteiger partial charge in [0.05, 0.1) is 14.2 Å². The summed E-state index contributed by atoms with van der Waals surface area (Å²) in [7, 11) is 3.38. The Morgan fingerprint density at radius 1 is 0.419 bits per heavy atom. The normalized spacial score (nSPS) is 10.8. The number of hydrogen-bond donors (Lipinski definition) is 0. The summed E-state index contributed by atoms with van der Waals surface area (Å²) in [5.74, 6) is 15.9. The van der Waals surface area contributed by atoms with Crippen LogP contribution in [0, 0.1) is 30.6 Å². The van der Waals surface area contributed by atoms with Crippen molar-refractivity contribution in [3.63, 3.8) is 0 Å². The third kappa shape index (κ3) is 4.80. The fourth-order valence-corrected chi connectivity index (χ4v) is 5.82. The Labute approximate surface area is 251 Å². The van der Waals surface area contributed by atoms with E-state index in [9.17, 15) is 0 Å². The van der Waals surface area contributed by atoms with Crippen LogP contribution in [0.15, 0.2) is 115 Å². The molecule has 0 aromatic heterocycles. The van der Waals surface area contributed by atoms with Crippen molar-refractivity contribution in [3.05, 3.63) is 143 Å². The van der Waals surface area contributed by atoms with Gasteiger partial charge >= 0.3 is 0 Å². The zero-order chi connectivity index (χ0) is 29.3. The summed E-state index contributed by atoms with van der Waals surface area (Å²) in [4.78, 5) is 0. The molecule has 0 aliphatic carbocycles. The molecule has 7 rings (SSSR count). The second-order valence-corrected chi connectivity index (χ2v) is 10.6. The first kappa shape index (κ1) is 26.2. The lowest BCUT2D eigenvalue weighted by Crippen LogP contribution is -1.92. The van der Waals surface area contributed by atoms with Gasteiger partial charge in [0.1, 0.15) is 11.5 Å². The molecule has 0 saturated carbocycles. The predicted molar refractivity (Wildman–Crippen MR) is 179 cm³/mol. The van der Waals surface area contributed by atoms with Crippen molar-refractivity contribution < 1.29 is 9.47 Å². The monoisotopic (exact) mass is 552 g/mol. The van der Waals surface area contributed by atoms with Crippen molar-refractivity contribution >= 4 is 43.1 Å². The van der Waals surface area contributed by atoms with Gasteiger partial charge in [-0.2, -0.15) is 0 Å². The molecule has 0 N–H and O–H groups in total. The molecule has 0 saturated heterocycles. The Kier molecular flexibility index (Phi) is 6.67. The van der Waals surface area contributed by atoms with Crippen LogP contribution in [0.4, 0.5) is 0 Å². The first-order chi connectivity index (χ1) is 21.1. The average molecular weight is 553 g/mol. The highest BCUT2D eigenvalue weighted by Gasteiger charge is 2.12. The van der Waals surface area contributed by atoms with Gasteiger partial charge in [-0.15, -0.1) is 0 Å². The maximum Gasteiger partial charge on any atom is 0.119 e. The van der Waals surface area contributed by atoms with Crippen LogP contribution in [0.5, 0.6) is 11.5 Å². The van der Waals surface area contributed by atoms with E-state index in [1.807, 2.05) is 30.3 Å². The number of hydrogen-bond acceptors (Lipinski definition) is 2. The van der Waals surface area contributed by atoms with Crippen LogP contribution in [0.2, 0.25) is 0 Å². The molecule has 0 amide bonds. The zero-order valence-corrected chi connectivity index (χ0v) is 24.3. The number of benzene rings is 7. The molecular weight excluding hydrogens is 524 g/mol. The van der Waals surface area contributed by atoms with Gasteiger partial charge in [0, 0.05) is 22.3 Å². The number of aryl methyl sites for hydroxylation is 1. The van der Waals surface area contributed by atoms with Gasteiger partial charge in [0.25, 0.3) is 0 Å². The summed E-state index contributed by atoms with van der Waals surface area (Å²) in [6.45, 7) is 2.12. The van der Waals surface area contributed by atoms with Crippen molar-refractivity contribution in [2.45, 2.75) is 6.92 Å². The first-order valence-electron chi connectivity index (χ1n) is 14.3. The Morgan fingerprint density at radius 2 is 0.907 bits per heavy atom. The lowest BCUT2D eigenvalue weighted by Gasteiger charge is -2.12. The van der Waals surface area contributed by atoms with Crippen LogP contribution < -0.4 is 9.47 Å². The largest absolute Gasteiger partial charge is 0.497 e. The molecule has 0 atom stereocenters. The van der Waals surface area contributed by atoms with Crippen molar-refractivity contribution in [1.29, 1.82) is 0 Å². The van der Waals surface area contributed by atoms with Gasteiger partial charge in [-0.3, -0.25) is 0 Å². The van der Waals surface area contributed by atoms with E-state index in [2.05, 4.69) is 116 Å². The maximum absolute atomic E-state index is 5.44. The highest BCUT2D eigenvalue weighted by atomic mass is 16.5. The Balaban J connectivity index is 1.44. The van der Waals surface area contributed by atoms with E-state index in [4.69, 9.17) is 9.47 Å². The van der Waals surface area contributed by atoms with Crippen LogP contribution in [0.1, 0.15) is 27.8 Å². The van der Waals surface area contributed by atoms with E-state index in [1.54, 1.807) is 14.2 Å². The molecule has 0 unspecified atom stereocenters. The quantitative estimate of drug-likeness (QED) is 0.157. The van der Waals surface area contributed by atoms with Crippen LogP contribution in [-0.4, -0.2) is 14.2 Å². The summed E-state index contributed by atoms with van der Waals surface area (Å²) in [6, 6.07) is 39.7. The van der Waals surface area contributed by atoms with E-state index in [1.165, 1.54) is 5.56 Å². The van der Waals surface area contributed by atoms with E-state index >= 15 is 0 Å². The zero-order valence-electron chi connectivity index (χ0n) is 24.3. The highest BCUT2D eigenvalue weighted by molar-refractivity contribution is 6.10. The number of ether oxygens (including phenoxy) is 2. The SMILES string of the molecule is COc1ccc2c(C#Cc3c4ccccc4c(C#Cc4cccc5cc(OC)ccc45)c4cc(C)ccc34)cccc2c1. The van der Waals surface area contributed by atoms with Gasteiger partial charge in [0.2, 0.25) is 0 Å². The lowest BCUT2D eigenvalue weighted by atomic mass is 9.90. The molecule has 0 aliphatic heterocycles. The van der Waals surface area contributed by atoms with Crippen LogP contribution in [0.3, 0.4) is 0 Å². The molecule has 0 radical (unpaired) electrons. The third-order valence-corrected chi connectivity index (χ3v) is 8.00. The van der Waals surface area contributed by atoms with Crippen LogP contribution in [0.25, 0.3) is 43.1 Å². The first-order valence-corrected chi connectivity index (χ1v) is 14.3. The van der Waals surface area contributed by atoms with Crippen LogP contribution >= 0.6 is 0 Å². The number of methoxy groups -OCH3 is 2. The number of fused-ring (bicyclic) bond motifs is 4. The molecule has 204 valence electrons. The molecule has 0 aliphatic rings. The van der Waals surface area contributed by atoms with Crippen molar-refractivity contribution in [3.8, 4) is 35.2 Å². The third-order valence-electron chi connectivity index (χ3n) is 8.00. The van der Waals surface area contributed by atoms with Crippen molar-refractivity contribution in [1.82, 2.24) is 0 Å². The van der Waals surface area contributed by atoms with Crippen molar-refractivity contribution in [2.75, 3.05) is 14.2 Å². The molecule has 7 aromatic carbocycles. The molecule has 2 heteroatoms. The highest BCUT2D eigenvalue weighted by Crippen LogP contribution is 2.33. The molecular formula is C41H28O2. The number of rotatable bonds is 2. The molecule has 7 aromatic rings. The molecule has 0 spiro atoms. The fraction of sp³-hybridized carbons (Fsp3) is 0.0732. The van der Waals surface area contributed by atoms with Gasteiger partial charge in [-0.05, 0) is 98.5 Å². The van der Waals surface area contributed by atoms with Crippen molar-refractivity contribution in [2.24, 2.45) is 0 Å². The topological polar surface area (TPSA) is 18.5 Å². The molecule has 0 fully saturated rings. The Hall–Kier alpha value is -5.70. The molecule has 2 nitrogen and oxygen atoms in total. The standard InChI is InChI=1S/C41H28O2/c1-27-14-19-39-38(20-15-28-8-6-10-30-25-32(42-2)17-22-34(28)30)36-12-4-5-13-37(36)40(41(39)24-27)21-16-29-9-7-11-31-26-33(43-3)18-23-35(29)31/h4-14,17-19,22-26H,1-3H3. The molecule has 0 bridgehead atoms. The smallest absolute Gasteiger partial charge is 0.119 e. The molecule has 0 heterocycles. The maximum atomic E-state index is 5.44. The summed E-state index contributed by atoms with van der Waals surface area (Å²) >= 11 is 0. The Bertz CT molecular complexity index is 2340. The predicted octanol–water partition coefficient (Wildman–Crippen LogP) is 9.42. The summed E-state index contributed by atoms with van der Waals surface area (Å²) in [5.41, 5.74) is 5.19. The minimum Gasteiger partial charge on any atom is -0.497 e. The second kappa shape index (κ2) is 10.9. The Morgan fingerprint density at radius 3 is 1.44 bits per heavy atom. The van der Waals surface area contributed by atoms with E-state index in [-0.39, 0.29) is 0 Å². The second-order valence-electron chi connectivity index (χ2n) is 10.6. The summed E-state index contributed by atoms with van der Waals surface area (Å²) in [5, 5.41) is 8.84. The summed E-state index contributed by atoms with van der Waals surface area (Å²) in [6.07, 6.45) is 0. The van der Waals surface area contributed by atoms with Crippen LogP contribution in [-0.2, 0) is 0 Å². The average Bonchev–Trinajstić information content (AvgIpc) is 3.05. The van der Waals surface area contributed by atoms with Gasteiger partial charge in [0.15, 0.2) is 0 Å². The van der Waals surface area contributed by atoms with E-state index in [0.717, 1.165) is 76.8 Å². The minimum absolute atomic E-state index is 0.838. The fourth-order valence-electron chi connectivity index (χ4n) is 5.82. The summed E-state index contributed by atoms with van der Waals surface area (Å²) < 4.78 is 10.9. The molecule has 43 heavy (non-hydrogen) atoms. The lowest BCUT2D eigenvalue weighted by molar-refractivity contribution is 0.415. The minimum atomic E-state index is 0.838.